The Morgan fingerprint density at radius 2 is 1.95 bits per heavy atom. The Morgan fingerprint density at radius 1 is 1.05 bits per heavy atom. The van der Waals surface area contributed by atoms with Crippen molar-refractivity contribution in [1.82, 2.24) is 5.32 Å². The summed E-state index contributed by atoms with van der Waals surface area (Å²) in [5.74, 6) is 0. The lowest BCUT2D eigenvalue weighted by atomic mass is 9.91. The number of benzene rings is 2. The third-order valence-electron chi connectivity index (χ3n) is 4.26. The van der Waals surface area contributed by atoms with Gasteiger partial charge < -0.3 is 10.1 Å². The van der Waals surface area contributed by atoms with Gasteiger partial charge >= 0.3 is 0 Å². The first-order valence-corrected chi connectivity index (χ1v) is 7.38. The molecule has 2 aliphatic heterocycles. The number of morpholine rings is 1. The Balaban J connectivity index is 1.59. The van der Waals surface area contributed by atoms with Crippen LogP contribution in [-0.2, 0) is 11.2 Å². The van der Waals surface area contributed by atoms with Crippen molar-refractivity contribution in [2.24, 2.45) is 0 Å². The van der Waals surface area contributed by atoms with E-state index >= 15 is 0 Å². The highest BCUT2D eigenvalue weighted by Gasteiger charge is 2.25. The minimum Gasteiger partial charge on any atom is -0.378 e. The maximum absolute atomic E-state index is 5.59. The summed E-state index contributed by atoms with van der Waals surface area (Å²) >= 11 is 0. The molecule has 2 aromatic carbocycles. The van der Waals surface area contributed by atoms with Gasteiger partial charge in [0.25, 0.3) is 0 Å². The Hall–Kier alpha value is -1.64. The number of hydrogen-bond acceptors (Lipinski definition) is 2. The number of hydrogen-bond donors (Lipinski definition) is 1. The highest BCUT2D eigenvalue weighted by molar-refractivity contribution is 5.83. The normalized spacial score (nSPS) is 25.5. The lowest BCUT2D eigenvalue weighted by Crippen LogP contribution is -2.50. The third-order valence-corrected chi connectivity index (χ3v) is 4.26. The van der Waals surface area contributed by atoms with Gasteiger partial charge in [0.2, 0.25) is 0 Å². The van der Waals surface area contributed by atoms with Gasteiger partial charge in [-0.05, 0) is 29.2 Å². The molecule has 0 spiro atoms. The fourth-order valence-electron chi connectivity index (χ4n) is 3.36. The lowest BCUT2D eigenvalue weighted by molar-refractivity contribution is 0.0528. The molecule has 2 bridgehead atoms. The highest BCUT2D eigenvalue weighted by Crippen LogP contribution is 2.23. The molecule has 0 saturated carbocycles. The van der Waals surface area contributed by atoms with Gasteiger partial charge in [-0.2, -0.15) is 0 Å². The first-order chi connectivity index (χ1) is 9.87. The number of fused-ring (bicyclic) bond motifs is 3. The summed E-state index contributed by atoms with van der Waals surface area (Å²) in [6.45, 7) is 1.67. The summed E-state index contributed by atoms with van der Waals surface area (Å²) in [6.07, 6.45) is 4.55. The molecule has 1 fully saturated rings. The van der Waals surface area contributed by atoms with Crippen LogP contribution in [0, 0.1) is 0 Å². The molecule has 0 amide bonds. The smallest absolute Gasteiger partial charge is 0.0656 e. The van der Waals surface area contributed by atoms with E-state index in [1.165, 1.54) is 16.3 Å². The zero-order chi connectivity index (χ0) is 13.4. The molecule has 0 aliphatic carbocycles. The van der Waals surface area contributed by atoms with Crippen LogP contribution in [0.15, 0.2) is 54.1 Å². The molecule has 4 rings (SSSR count). The summed E-state index contributed by atoms with van der Waals surface area (Å²) in [6, 6.07) is 16.3. The second kappa shape index (κ2) is 5.04. The average Bonchev–Trinajstić information content (AvgIpc) is 2.47. The lowest BCUT2D eigenvalue weighted by Gasteiger charge is -2.35. The van der Waals surface area contributed by atoms with Crippen LogP contribution in [0.4, 0.5) is 0 Å². The number of ether oxygens (including phenoxy) is 1. The maximum Gasteiger partial charge on any atom is 0.0656 e. The minimum atomic E-state index is 0.415. The van der Waals surface area contributed by atoms with Crippen molar-refractivity contribution < 1.29 is 4.74 Å². The van der Waals surface area contributed by atoms with Gasteiger partial charge in [0.15, 0.2) is 0 Å². The fourth-order valence-corrected chi connectivity index (χ4v) is 3.36. The van der Waals surface area contributed by atoms with Crippen molar-refractivity contribution in [2.45, 2.75) is 24.9 Å². The molecule has 2 heteroatoms. The molecule has 2 aromatic rings. The Labute approximate surface area is 119 Å². The van der Waals surface area contributed by atoms with E-state index in [-0.39, 0.29) is 0 Å². The van der Waals surface area contributed by atoms with Crippen LogP contribution >= 0.6 is 0 Å². The molecule has 2 heterocycles. The van der Waals surface area contributed by atoms with Gasteiger partial charge in [0, 0.05) is 12.1 Å². The van der Waals surface area contributed by atoms with E-state index in [9.17, 15) is 0 Å². The zero-order valence-corrected chi connectivity index (χ0v) is 11.5. The molecule has 0 radical (unpaired) electrons. The van der Waals surface area contributed by atoms with E-state index in [1.54, 1.807) is 5.57 Å². The van der Waals surface area contributed by atoms with E-state index in [0.717, 1.165) is 26.1 Å². The summed E-state index contributed by atoms with van der Waals surface area (Å²) in [5.41, 5.74) is 2.97. The van der Waals surface area contributed by atoms with Crippen LogP contribution in [0.5, 0.6) is 0 Å². The molecular weight excluding hydrogens is 246 g/mol. The summed E-state index contributed by atoms with van der Waals surface area (Å²) < 4.78 is 5.59. The van der Waals surface area contributed by atoms with Crippen LogP contribution in [0.3, 0.4) is 0 Å². The van der Waals surface area contributed by atoms with Crippen molar-refractivity contribution in [3.05, 3.63) is 59.7 Å². The molecule has 102 valence electrons. The van der Waals surface area contributed by atoms with Gasteiger partial charge in [-0.15, -0.1) is 0 Å². The SMILES string of the molecule is C1=C(Cc2ccc3ccccc3c2)CC2COCC1N2. The standard InChI is InChI=1S/C18H19NO/c1-2-4-16-8-13(5-6-15(16)3-1)7-14-9-17-11-20-12-18(10-14)19-17/h1-6,8-9,17-19H,7,10-12H2. The Bertz CT molecular complexity index is 661. The van der Waals surface area contributed by atoms with Crippen molar-refractivity contribution in [2.75, 3.05) is 13.2 Å². The third kappa shape index (κ3) is 2.37. The fraction of sp³-hybridized carbons (Fsp3) is 0.333. The van der Waals surface area contributed by atoms with E-state index in [1.807, 2.05) is 0 Å². The predicted octanol–water partition coefficient (Wildman–Crippen LogP) is 3.07. The largest absolute Gasteiger partial charge is 0.378 e. The molecular formula is C18H19NO. The van der Waals surface area contributed by atoms with Crippen LogP contribution in [0.1, 0.15) is 12.0 Å². The molecule has 1 N–H and O–H groups in total. The average molecular weight is 265 g/mol. The molecule has 2 atom stereocenters. The maximum atomic E-state index is 5.59. The Morgan fingerprint density at radius 3 is 2.85 bits per heavy atom. The van der Waals surface area contributed by atoms with E-state index in [0.29, 0.717) is 12.1 Å². The number of nitrogens with one attached hydrogen (secondary N) is 1. The second-order valence-electron chi connectivity index (χ2n) is 5.89. The summed E-state index contributed by atoms with van der Waals surface area (Å²) in [7, 11) is 0. The molecule has 2 nitrogen and oxygen atoms in total. The molecule has 1 saturated heterocycles. The second-order valence-corrected chi connectivity index (χ2v) is 5.89. The molecule has 0 aromatic heterocycles. The van der Waals surface area contributed by atoms with Crippen molar-refractivity contribution >= 4 is 10.8 Å². The topological polar surface area (TPSA) is 21.3 Å². The van der Waals surface area contributed by atoms with Gasteiger partial charge in [-0.25, -0.2) is 0 Å². The van der Waals surface area contributed by atoms with Crippen LogP contribution < -0.4 is 5.32 Å². The van der Waals surface area contributed by atoms with Crippen molar-refractivity contribution in [1.29, 1.82) is 0 Å². The monoisotopic (exact) mass is 265 g/mol. The molecule has 20 heavy (non-hydrogen) atoms. The van der Waals surface area contributed by atoms with E-state index < -0.39 is 0 Å². The van der Waals surface area contributed by atoms with Gasteiger partial charge in [-0.1, -0.05) is 54.1 Å². The van der Waals surface area contributed by atoms with Crippen LogP contribution in [0.2, 0.25) is 0 Å². The van der Waals surface area contributed by atoms with E-state index in [4.69, 9.17) is 4.74 Å². The highest BCUT2D eigenvalue weighted by atomic mass is 16.5. The van der Waals surface area contributed by atoms with Crippen LogP contribution in [-0.4, -0.2) is 25.3 Å². The van der Waals surface area contributed by atoms with Crippen LogP contribution in [0.25, 0.3) is 10.8 Å². The summed E-state index contributed by atoms with van der Waals surface area (Å²) in [4.78, 5) is 0. The van der Waals surface area contributed by atoms with Crippen molar-refractivity contribution in [3.63, 3.8) is 0 Å². The predicted molar refractivity (Wildman–Crippen MR) is 81.9 cm³/mol. The minimum absolute atomic E-state index is 0.415. The van der Waals surface area contributed by atoms with Gasteiger partial charge in [0.1, 0.15) is 0 Å². The summed E-state index contributed by atoms with van der Waals surface area (Å²) in [5, 5.41) is 6.25. The Kier molecular flexibility index (Phi) is 3.06. The van der Waals surface area contributed by atoms with Gasteiger partial charge in [0.05, 0.1) is 13.2 Å². The molecule has 2 aliphatic rings. The quantitative estimate of drug-likeness (QED) is 0.843. The molecule has 2 unspecified atom stereocenters. The zero-order valence-electron chi connectivity index (χ0n) is 11.5. The first-order valence-electron chi connectivity index (χ1n) is 7.38. The van der Waals surface area contributed by atoms with E-state index in [2.05, 4.69) is 53.9 Å². The number of rotatable bonds is 2. The first kappa shape index (κ1) is 12.1. The van der Waals surface area contributed by atoms with Crippen molar-refractivity contribution in [3.8, 4) is 0 Å². The van der Waals surface area contributed by atoms with Gasteiger partial charge in [-0.3, -0.25) is 0 Å².